The van der Waals surface area contributed by atoms with Crippen LogP contribution in [0, 0.1) is 12.8 Å². The summed E-state index contributed by atoms with van der Waals surface area (Å²) in [6.45, 7) is 1.94. The van der Waals surface area contributed by atoms with E-state index in [4.69, 9.17) is 0 Å². The van der Waals surface area contributed by atoms with Crippen molar-refractivity contribution in [1.82, 2.24) is 0 Å². The van der Waals surface area contributed by atoms with Crippen LogP contribution in [0.4, 0.5) is 0 Å². The predicted octanol–water partition coefficient (Wildman–Crippen LogP) is 1.53. The Bertz CT molecular complexity index is 99.7. The molecule has 0 bridgehead atoms. The van der Waals surface area contributed by atoms with Gasteiger partial charge in [0.15, 0.2) is 0 Å². The van der Waals surface area contributed by atoms with Gasteiger partial charge in [0.2, 0.25) is 0 Å². The van der Waals surface area contributed by atoms with Crippen LogP contribution in [0.25, 0.3) is 0 Å². The molecule has 0 aromatic rings. The van der Waals surface area contributed by atoms with Gasteiger partial charge in [0, 0.05) is 0 Å². The van der Waals surface area contributed by atoms with Gasteiger partial charge in [-0.15, -0.1) is 12.8 Å². The molecular weight excluding hydrogens is 150 g/mol. The molecule has 0 unspecified atom stereocenters. The lowest BCUT2D eigenvalue weighted by molar-refractivity contribution is 0.0225. The SMILES string of the molecule is C#C.CC1(O)CCCCC1.CN. The van der Waals surface area contributed by atoms with E-state index >= 15 is 0 Å². The van der Waals surface area contributed by atoms with Crippen LogP contribution < -0.4 is 5.73 Å². The Kier molecular flexibility index (Phi) is 10.0. The zero-order chi connectivity index (χ0) is 10.0. The van der Waals surface area contributed by atoms with Crippen molar-refractivity contribution in [3.8, 4) is 12.8 Å². The van der Waals surface area contributed by atoms with E-state index in [-0.39, 0.29) is 5.60 Å². The maximum absolute atomic E-state index is 9.37. The Hall–Kier alpha value is -0.520. The highest BCUT2D eigenvalue weighted by atomic mass is 16.3. The van der Waals surface area contributed by atoms with Gasteiger partial charge in [-0.3, -0.25) is 0 Å². The number of nitrogens with two attached hydrogens (primary N) is 1. The van der Waals surface area contributed by atoms with Crippen LogP contribution in [0.5, 0.6) is 0 Å². The van der Waals surface area contributed by atoms with E-state index in [1.54, 1.807) is 0 Å². The van der Waals surface area contributed by atoms with Gasteiger partial charge in [-0.25, -0.2) is 0 Å². The second-order valence-electron chi connectivity index (χ2n) is 3.06. The van der Waals surface area contributed by atoms with Gasteiger partial charge in [0.05, 0.1) is 5.60 Å². The maximum atomic E-state index is 9.37. The van der Waals surface area contributed by atoms with Gasteiger partial charge in [-0.05, 0) is 26.8 Å². The Balaban J connectivity index is 0. The van der Waals surface area contributed by atoms with Crippen LogP contribution in [0.1, 0.15) is 39.0 Å². The molecule has 12 heavy (non-hydrogen) atoms. The first-order valence-electron chi connectivity index (χ1n) is 4.34. The fourth-order valence-electron chi connectivity index (χ4n) is 1.31. The first kappa shape index (κ1) is 14.0. The van der Waals surface area contributed by atoms with Gasteiger partial charge in [0.1, 0.15) is 0 Å². The van der Waals surface area contributed by atoms with Crippen molar-refractivity contribution in [2.45, 2.75) is 44.6 Å². The molecule has 0 spiro atoms. The van der Waals surface area contributed by atoms with Crippen LogP contribution in [0.2, 0.25) is 0 Å². The Morgan fingerprint density at radius 3 is 1.58 bits per heavy atom. The fourth-order valence-corrected chi connectivity index (χ4v) is 1.31. The quantitative estimate of drug-likeness (QED) is 0.543. The average Bonchev–Trinajstić information content (AvgIpc) is 2.11. The molecule has 0 heterocycles. The summed E-state index contributed by atoms with van der Waals surface area (Å²) in [4.78, 5) is 0. The third kappa shape index (κ3) is 7.59. The topological polar surface area (TPSA) is 46.2 Å². The van der Waals surface area contributed by atoms with Crippen molar-refractivity contribution >= 4 is 0 Å². The van der Waals surface area contributed by atoms with E-state index < -0.39 is 0 Å². The minimum absolute atomic E-state index is 0.321. The second kappa shape index (κ2) is 8.58. The second-order valence-corrected chi connectivity index (χ2v) is 3.06. The van der Waals surface area contributed by atoms with Crippen LogP contribution in [-0.2, 0) is 0 Å². The molecule has 0 aliphatic heterocycles. The molecule has 0 aromatic carbocycles. The summed E-state index contributed by atoms with van der Waals surface area (Å²) in [6.07, 6.45) is 13.8. The maximum Gasteiger partial charge on any atom is 0.0619 e. The van der Waals surface area contributed by atoms with Crippen molar-refractivity contribution in [3.05, 3.63) is 0 Å². The summed E-state index contributed by atoms with van der Waals surface area (Å²) in [5, 5.41) is 9.37. The highest BCUT2D eigenvalue weighted by Crippen LogP contribution is 2.26. The summed E-state index contributed by atoms with van der Waals surface area (Å²) in [5.41, 5.74) is 4.18. The Morgan fingerprint density at radius 2 is 1.42 bits per heavy atom. The molecule has 0 saturated heterocycles. The van der Waals surface area contributed by atoms with E-state index in [1.165, 1.54) is 26.3 Å². The highest BCUT2D eigenvalue weighted by molar-refractivity contribution is 4.76. The first-order valence-corrected chi connectivity index (χ1v) is 4.34. The van der Waals surface area contributed by atoms with Crippen LogP contribution in [0.15, 0.2) is 0 Å². The predicted molar refractivity (Wildman–Crippen MR) is 53.7 cm³/mol. The molecule has 1 saturated carbocycles. The third-order valence-corrected chi connectivity index (χ3v) is 1.93. The third-order valence-electron chi connectivity index (χ3n) is 1.93. The molecule has 3 N–H and O–H groups in total. The smallest absolute Gasteiger partial charge is 0.0619 e. The lowest BCUT2D eigenvalue weighted by atomic mass is 9.87. The molecule has 2 heteroatoms. The van der Waals surface area contributed by atoms with Gasteiger partial charge in [-0.2, -0.15) is 0 Å². The normalized spacial score (nSPS) is 19.2. The molecule has 0 atom stereocenters. The summed E-state index contributed by atoms with van der Waals surface area (Å²) in [6, 6.07) is 0. The molecule has 1 aliphatic rings. The van der Waals surface area contributed by atoms with E-state index in [1.807, 2.05) is 6.92 Å². The minimum Gasteiger partial charge on any atom is -0.390 e. The standard InChI is InChI=1S/C7H14O.C2H2.CH5N/c1-7(8)5-3-2-4-6-7;2*1-2/h8H,2-6H2,1H3;1-2H;2H2,1H3. The number of rotatable bonds is 0. The molecule has 1 aliphatic carbocycles. The Labute approximate surface area is 76.2 Å². The first-order chi connectivity index (χ1) is 5.71. The van der Waals surface area contributed by atoms with Gasteiger partial charge < -0.3 is 10.8 Å². The van der Waals surface area contributed by atoms with Crippen LogP contribution in [0.3, 0.4) is 0 Å². The number of hydrogen-bond donors (Lipinski definition) is 2. The highest BCUT2D eigenvalue weighted by Gasteiger charge is 2.22. The van der Waals surface area contributed by atoms with Crippen molar-refractivity contribution in [2.75, 3.05) is 7.05 Å². The molecular formula is C10H21NO. The zero-order valence-electron chi connectivity index (χ0n) is 8.21. The van der Waals surface area contributed by atoms with Crippen molar-refractivity contribution in [2.24, 2.45) is 5.73 Å². The van der Waals surface area contributed by atoms with E-state index in [2.05, 4.69) is 18.6 Å². The van der Waals surface area contributed by atoms with Crippen LogP contribution in [-0.4, -0.2) is 17.8 Å². The number of aliphatic hydroxyl groups is 1. The molecule has 72 valence electrons. The van der Waals surface area contributed by atoms with E-state index in [0.717, 1.165) is 12.8 Å². The van der Waals surface area contributed by atoms with Crippen molar-refractivity contribution in [3.63, 3.8) is 0 Å². The molecule has 1 fully saturated rings. The molecule has 2 nitrogen and oxygen atoms in total. The lowest BCUT2D eigenvalue weighted by Gasteiger charge is -2.27. The number of terminal acetylenes is 1. The van der Waals surface area contributed by atoms with Gasteiger partial charge in [-0.1, -0.05) is 19.3 Å². The summed E-state index contributed by atoms with van der Waals surface area (Å²) in [7, 11) is 1.50. The van der Waals surface area contributed by atoms with Gasteiger partial charge >= 0.3 is 0 Å². The van der Waals surface area contributed by atoms with Crippen molar-refractivity contribution in [1.29, 1.82) is 0 Å². The summed E-state index contributed by atoms with van der Waals surface area (Å²) in [5.74, 6) is 0. The summed E-state index contributed by atoms with van der Waals surface area (Å²) < 4.78 is 0. The largest absolute Gasteiger partial charge is 0.390 e. The fraction of sp³-hybridized carbons (Fsp3) is 0.800. The molecule has 0 amide bonds. The molecule has 1 rings (SSSR count). The average molecular weight is 171 g/mol. The monoisotopic (exact) mass is 171 g/mol. The number of hydrogen-bond acceptors (Lipinski definition) is 2. The minimum atomic E-state index is -0.321. The Morgan fingerprint density at radius 1 is 1.08 bits per heavy atom. The zero-order valence-corrected chi connectivity index (χ0v) is 8.21. The summed E-state index contributed by atoms with van der Waals surface area (Å²) >= 11 is 0. The molecule has 0 aromatic heterocycles. The van der Waals surface area contributed by atoms with E-state index in [0.29, 0.717) is 0 Å². The van der Waals surface area contributed by atoms with Crippen molar-refractivity contribution < 1.29 is 5.11 Å². The van der Waals surface area contributed by atoms with Crippen LogP contribution >= 0.6 is 0 Å². The lowest BCUT2D eigenvalue weighted by Crippen LogP contribution is -2.26. The van der Waals surface area contributed by atoms with Gasteiger partial charge in [0.25, 0.3) is 0 Å². The van der Waals surface area contributed by atoms with E-state index in [9.17, 15) is 5.11 Å². The molecule has 0 radical (unpaired) electrons.